The van der Waals surface area contributed by atoms with Crippen LogP contribution in [0.1, 0.15) is 18.4 Å². The van der Waals surface area contributed by atoms with Crippen LogP contribution in [0.3, 0.4) is 0 Å². The fraction of sp³-hybridized carbons (Fsp3) is 0.500. The summed E-state index contributed by atoms with van der Waals surface area (Å²) in [5.41, 5.74) is 0.788. The molecule has 0 heterocycles. The van der Waals surface area contributed by atoms with Gasteiger partial charge in [-0.05, 0) is 12.0 Å². The summed E-state index contributed by atoms with van der Waals surface area (Å²) in [5.74, 6) is 3.09. The highest BCUT2D eigenvalue weighted by Gasteiger charge is 2.51. The summed E-state index contributed by atoms with van der Waals surface area (Å²) in [5, 5.41) is 5.93. The number of likely N-dealkylation sites (N-methyl/N-ethyl adjacent to an activating group) is 1. The number of halogens is 3. The van der Waals surface area contributed by atoms with Gasteiger partial charge < -0.3 is 15.6 Å². The Balaban J connectivity index is 3.03. The summed E-state index contributed by atoms with van der Waals surface area (Å²) in [6, 6.07) is 6.58. The molecule has 1 radical (unpaired) electrons. The molecule has 0 saturated heterocycles. The maximum Gasteiger partial charge on any atom is 0.456 e. The van der Waals surface area contributed by atoms with Crippen molar-refractivity contribution in [3.05, 3.63) is 35.9 Å². The molecule has 0 spiro atoms. The molecule has 0 fully saturated rings. The lowest BCUT2D eigenvalue weighted by Gasteiger charge is -2.41. The number of nitrogens with two attached hydrogens (primary N) is 1. The van der Waals surface area contributed by atoms with Gasteiger partial charge in [0, 0.05) is 19.4 Å². The third kappa shape index (κ3) is 6.67. The molecule has 0 aliphatic rings. The average Bonchev–Trinajstić information content (AvgIpc) is 2.62. The molecule has 0 aromatic heterocycles. The lowest BCUT2D eigenvalue weighted by Crippen LogP contribution is -2.62. The van der Waals surface area contributed by atoms with Gasteiger partial charge in [-0.1, -0.05) is 30.3 Å². The number of quaternary nitrogens is 1. The lowest BCUT2D eigenvalue weighted by atomic mass is 9.96. The van der Waals surface area contributed by atoms with Crippen LogP contribution in [0.15, 0.2) is 35.4 Å². The summed E-state index contributed by atoms with van der Waals surface area (Å²) in [6.07, 6.45) is -1.51. The van der Waals surface area contributed by atoms with Crippen LogP contribution in [0.2, 0.25) is 0 Å². The van der Waals surface area contributed by atoms with Crippen molar-refractivity contribution in [3.63, 3.8) is 0 Å². The Bertz CT molecular complexity index is 633. The zero-order chi connectivity index (χ0) is 20.5. The fourth-order valence-electron chi connectivity index (χ4n) is 2.94. The predicted molar refractivity (Wildman–Crippen MR) is 96.5 cm³/mol. The maximum atomic E-state index is 13.1. The van der Waals surface area contributed by atoms with E-state index in [1.807, 2.05) is 6.29 Å². The van der Waals surface area contributed by atoms with E-state index in [0.29, 0.717) is 6.54 Å². The van der Waals surface area contributed by atoms with Crippen molar-refractivity contribution in [2.75, 3.05) is 20.6 Å². The minimum Gasteiger partial charge on any atom is -0.375 e. The average molecular weight is 386 g/mol. The molecule has 0 bridgehead atoms. The number of carbonyl (C=O) groups is 1. The van der Waals surface area contributed by atoms with Crippen LogP contribution in [0, 0.1) is 0 Å². The molecule has 0 amide bonds. The fourth-order valence-corrected chi connectivity index (χ4v) is 2.94. The minimum atomic E-state index is -4.98. The van der Waals surface area contributed by atoms with Crippen molar-refractivity contribution < 1.29 is 27.2 Å². The van der Waals surface area contributed by atoms with Crippen LogP contribution in [-0.4, -0.2) is 61.8 Å². The maximum absolute atomic E-state index is 13.1. The first-order valence-electron chi connectivity index (χ1n) is 8.45. The molecular weight excluding hydrogens is 361 g/mol. The number of hydrogen-bond acceptors (Lipinski definition) is 4. The van der Waals surface area contributed by atoms with E-state index in [4.69, 9.17) is 5.84 Å². The highest BCUT2D eigenvalue weighted by atomic mass is 19.4. The van der Waals surface area contributed by atoms with Crippen LogP contribution in [-0.2, 0) is 16.0 Å². The monoisotopic (exact) mass is 386 g/mol. The van der Waals surface area contributed by atoms with Crippen molar-refractivity contribution >= 4 is 18.4 Å². The van der Waals surface area contributed by atoms with Crippen LogP contribution in [0.5, 0.6) is 0 Å². The number of carbonyl (C=O) groups excluding carboxylic acids is 2. The van der Waals surface area contributed by atoms with Gasteiger partial charge in [-0.2, -0.15) is 18.3 Å². The van der Waals surface area contributed by atoms with Crippen molar-refractivity contribution in [2.24, 2.45) is 10.9 Å². The van der Waals surface area contributed by atoms with Gasteiger partial charge in [0.15, 0.2) is 12.1 Å². The van der Waals surface area contributed by atoms with Gasteiger partial charge in [0.25, 0.3) is 12.1 Å². The Morgan fingerprint density at radius 3 is 2.48 bits per heavy atom. The number of alkyl halides is 3. The standard InChI is InChI=1S/C18H25F3N4O2/c1-25(2,15(12-26)11-14-7-4-3-5-8-14)16(17(27)18(19,20)21)9-6-10-23-13-24-22/h3-5,7-8,13,15-16H,6,9-11,22H2,1-2H3,(H,23,24)/q+1/t15-,16?/m1/s1. The van der Waals surface area contributed by atoms with Gasteiger partial charge in [0.05, 0.1) is 14.1 Å². The molecule has 6 nitrogen and oxygen atoms in total. The van der Waals surface area contributed by atoms with Crippen molar-refractivity contribution in [1.82, 2.24) is 5.32 Å². The molecule has 1 rings (SSSR count). The van der Waals surface area contributed by atoms with Crippen LogP contribution in [0.4, 0.5) is 13.2 Å². The molecule has 2 atom stereocenters. The summed E-state index contributed by atoms with van der Waals surface area (Å²) in [4.78, 5) is 23.6. The number of rotatable bonds is 11. The number of Topliss-reactive ketones (excluding diaryl/α,β-unsaturated/α-hetero) is 1. The first kappa shape index (κ1) is 22.6. The Labute approximate surface area is 156 Å². The molecule has 1 aromatic rings. The largest absolute Gasteiger partial charge is 0.456 e. The predicted octanol–water partition coefficient (Wildman–Crippen LogP) is 1.56. The highest BCUT2D eigenvalue weighted by molar-refractivity contribution is 5.88. The molecule has 27 heavy (non-hydrogen) atoms. The number of hydrazone groups is 1. The van der Waals surface area contributed by atoms with E-state index in [1.54, 1.807) is 30.3 Å². The van der Waals surface area contributed by atoms with Gasteiger partial charge in [0.2, 0.25) is 0 Å². The minimum absolute atomic E-state index is 0.0519. The first-order chi connectivity index (χ1) is 12.6. The number of hydrogen-bond donors (Lipinski definition) is 2. The number of nitrogens with zero attached hydrogens (tertiary/aromatic N) is 2. The summed E-state index contributed by atoms with van der Waals surface area (Å²) < 4.78 is 39.0. The van der Waals surface area contributed by atoms with Crippen LogP contribution in [0.25, 0.3) is 0 Å². The second-order valence-electron chi connectivity index (χ2n) is 6.70. The lowest BCUT2D eigenvalue weighted by molar-refractivity contribution is -0.920. The topological polar surface area (TPSA) is 84.5 Å². The van der Waals surface area contributed by atoms with Crippen LogP contribution >= 0.6 is 0 Å². The first-order valence-corrected chi connectivity index (χ1v) is 8.45. The number of nitrogens with one attached hydrogen (secondary N) is 1. The third-order valence-electron chi connectivity index (χ3n) is 4.56. The van der Waals surface area contributed by atoms with E-state index in [0.717, 1.165) is 5.56 Å². The van der Waals surface area contributed by atoms with Crippen molar-refractivity contribution in [1.29, 1.82) is 0 Å². The van der Waals surface area contributed by atoms with E-state index in [1.165, 1.54) is 20.4 Å². The molecule has 0 saturated carbocycles. The molecule has 1 unspecified atom stereocenters. The molecule has 9 heteroatoms. The van der Waals surface area contributed by atoms with Gasteiger partial charge in [-0.3, -0.25) is 9.59 Å². The molecule has 0 aliphatic heterocycles. The SMILES string of the molecule is C[N+](C)(C(CCCNC=NN)C(=O)C(F)(F)F)[C@@H]([C]=O)Cc1ccccc1. The Hall–Kier alpha value is -2.42. The van der Waals surface area contributed by atoms with Gasteiger partial charge in [-0.15, -0.1) is 0 Å². The van der Waals surface area contributed by atoms with Gasteiger partial charge in [0.1, 0.15) is 6.34 Å². The molecular formula is C18H25F3N4O2+. The van der Waals surface area contributed by atoms with Crippen LogP contribution < -0.4 is 11.2 Å². The summed E-state index contributed by atoms with van der Waals surface area (Å²) in [7, 11) is 2.92. The second-order valence-corrected chi connectivity index (χ2v) is 6.70. The molecule has 149 valence electrons. The second kappa shape index (κ2) is 10.1. The highest BCUT2D eigenvalue weighted by Crippen LogP contribution is 2.28. The van der Waals surface area contributed by atoms with E-state index >= 15 is 0 Å². The van der Waals surface area contributed by atoms with Crippen molar-refractivity contribution in [3.8, 4) is 0 Å². The summed E-state index contributed by atoms with van der Waals surface area (Å²) in [6.45, 7) is 0.302. The Morgan fingerprint density at radius 2 is 1.96 bits per heavy atom. The van der Waals surface area contributed by atoms with Crippen molar-refractivity contribution in [2.45, 2.75) is 37.5 Å². The zero-order valence-corrected chi connectivity index (χ0v) is 15.4. The number of benzene rings is 1. The van der Waals surface area contributed by atoms with E-state index in [-0.39, 0.29) is 19.3 Å². The van der Waals surface area contributed by atoms with E-state index in [2.05, 4.69) is 10.4 Å². The molecule has 0 aliphatic carbocycles. The normalized spacial score (nSPS) is 14.7. The Kier molecular flexibility index (Phi) is 8.42. The van der Waals surface area contributed by atoms with E-state index in [9.17, 15) is 22.8 Å². The zero-order valence-electron chi connectivity index (χ0n) is 15.4. The summed E-state index contributed by atoms with van der Waals surface area (Å²) >= 11 is 0. The van der Waals surface area contributed by atoms with Gasteiger partial charge in [-0.25, -0.2) is 0 Å². The smallest absolute Gasteiger partial charge is 0.375 e. The molecule has 1 aromatic carbocycles. The van der Waals surface area contributed by atoms with E-state index < -0.39 is 28.5 Å². The quantitative estimate of drug-likeness (QED) is 0.151. The number of ketones is 1. The molecule has 3 N–H and O–H groups in total. The third-order valence-corrected chi connectivity index (χ3v) is 4.56. The Morgan fingerprint density at radius 1 is 1.33 bits per heavy atom. The van der Waals surface area contributed by atoms with Gasteiger partial charge >= 0.3 is 6.18 Å².